The highest BCUT2D eigenvalue weighted by molar-refractivity contribution is 9.09. The smallest absolute Gasteiger partial charge is 0.313 e. The van der Waals surface area contributed by atoms with Gasteiger partial charge in [-0.25, -0.2) is 0 Å². The number of para-hydroxylation sites is 1. The van der Waals surface area contributed by atoms with E-state index in [1.54, 1.807) is 17.1 Å². The number of aliphatic hydroxyl groups is 1. The molecular weight excluding hydrogens is 678 g/mol. The van der Waals surface area contributed by atoms with Crippen molar-refractivity contribution in [3.8, 4) is 0 Å². The molecule has 2 aromatic carbocycles. The molecule has 1 spiro atoms. The Balaban J connectivity index is 1.49. The Kier molecular flexibility index (Phi) is 11.2. The number of aryl methyl sites for hydroxylation is 2. The Morgan fingerprint density at radius 2 is 1.85 bits per heavy atom. The van der Waals surface area contributed by atoms with Crippen LogP contribution in [-0.4, -0.2) is 82.5 Å². The van der Waals surface area contributed by atoms with Gasteiger partial charge < -0.3 is 29.7 Å². The number of halogens is 1. The summed E-state index contributed by atoms with van der Waals surface area (Å²) in [7, 11) is 0. The second-order valence-corrected chi connectivity index (χ2v) is 13.9. The van der Waals surface area contributed by atoms with Crippen molar-refractivity contribution in [1.29, 1.82) is 0 Å². The standard InChI is InChI=1S/C37H44BrN3O7/c1-5-7-17-28(43)39-22-27(25-15-9-8-10-16-25)47-36(46)29-30-34(44)41(19-12-20-42)33(37(30)21-26(38)32(29)48-37)35(45)40(18-6-2)31-23(3)13-11-14-24(31)4/h5-6,8-11,13-16,26-27,29-30,32-33,42H,1-2,7,12,17-22H2,3-4H3,(H,39,43)/t26?,27-,29+,30-,32+,33+,37-/m1/s1. The zero-order valence-electron chi connectivity index (χ0n) is 27.5. The minimum Gasteiger partial charge on any atom is -0.455 e. The maximum Gasteiger partial charge on any atom is 0.313 e. The third-order valence-electron chi connectivity index (χ3n) is 9.63. The van der Waals surface area contributed by atoms with Crippen LogP contribution in [0.4, 0.5) is 5.69 Å². The summed E-state index contributed by atoms with van der Waals surface area (Å²) in [5.41, 5.74) is 1.91. The van der Waals surface area contributed by atoms with Crippen molar-refractivity contribution in [3.05, 3.63) is 90.5 Å². The van der Waals surface area contributed by atoms with E-state index in [1.807, 2.05) is 62.4 Å². The maximum atomic E-state index is 14.8. The van der Waals surface area contributed by atoms with Crippen molar-refractivity contribution >= 4 is 45.3 Å². The number of fused-ring (bicyclic) bond motifs is 1. The van der Waals surface area contributed by atoms with E-state index in [0.717, 1.165) is 16.8 Å². The van der Waals surface area contributed by atoms with Crippen molar-refractivity contribution in [1.82, 2.24) is 10.2 Å². The number of nitrogens with one attached hydrogen (secondary N) is 1. The number of carbonyl (C=O) groups excluding carboxylic acids is 4. The van der Waals surface area contributed by atoms with Gasteiger partial charge in [0.2, 0.25) is 11.8 Å². The lowest BCUT2D eigenvalue weighted by molar-refractivity contribution is -0.160. The van der Waals surface area contributed by atoms with Crippen LogP contribution in [0.3, 0.4) is 0 Å². The number of benzene rings is 2. The summed E-state index contributed by atoms with van der Waals surface area (Å²) in [5, 5.41) is 12.6. The molecule has 2 N–H and O–H groups in total. The van der Waals surface area contributed by atoms with E-state index in [0.29, 0.717) is 18.4 Å². The summed E-state index contributed by atoms with van der Waals surface area (Å²) in [4.78, 5) is 58.7. The summed E-state index contributed by atoms with van der Waals surface area (Å²) in [6.45, 7) is 11.6. The molecule has 3 saturated heterocycles. The fraction of sp³-hybridized carbons (Fsp3) is 0.459. The van der Waals surface area contributed by atoms with Crippen LogP contribution in [0.1, 0.15) is 48.5 Å². The summed E-state index contributed by atoms with van der Waals surface area (Å²) in [6.07, 6.45) is 3.13. The molecule has 3 aliphatic rings. The Hall–Kier alpha value is -3.80. The van der Waals surface area contributed by atoms with Gasteiger partial charge in [0.15, 0.2) is 0 Å². The zero-order chi connectivity index (χ0) is 34.6. The van der Waals surface area contributed by atoms with E-state index in [9.17, 15) is 24.3 Å². The Bertz CT molecular complexity index is 1530. The van der Waals surface area contributed by atoms with Crippen LogP contribution < -0.4 is 10.2 Å². The van der Waals surface area contributed by atoms with Gasteiger partial charge in [-0.2, -0.15) is 0 Å². The quantitative estimate of drug-likeness (QED) is 0.160. The molecule has 256 valence electrons. The molecule has 0 aliphatic carbocycles. The largest absolute Gasteiger partial charge is 0.455 e. The van der Waals surface area contributed by atoms with Gasteiger partial charge >= 0.3 is 5.97 Å². The van der Waals surface area contributed by atoms with E-state index in [2.05, 4.69) is 34.4 Å². The number of rotatable bonds is 15. The van der Waals surface area contributed by atoms with Crippen molar-refractivity contribution in [3.63, 3.8) is 0 Å². The summed E-state index contributed by atoms with van der Waals surface area (Å²) in [5.74, 6) is -3.51. The second-order valence-electron chi connectivity index (χ2n) is 12.7. The molecule has 0 saturated carbocycles. The first-order valence-electron chi connectivity index (χ1n) is 16.4. The van der Waals surface area contributed by atoms with Crippen molar-refractivity contribution in [2.45, 2.75) is 68.2 Å². The molecule has 5 rings (SSSR count). The molecule has 0 aromatic heterocycles. The number of esters is 1. The summed E-state index contributed by atoms with van der Waals surface area (Å²) < 4.78 is 12.8. The average molecular weight is 723 g/mol. The predicted molar refractivity (Wildman–Crippen MR) is 185 cm³/mol. The summed E-state index contributed by atoms with van der Waals surface area (Å²) >= 11 is 3.72. The third kappa shape index (κ3) is 6.60. The number of carbonyl (C=O) groups is 4. The predicted octanol–water partition coefficient (Wildman–Crippen LogP) is 4.32. The van der Waals surface area contributed by atoms with Gasteiger partial charge in [-0.1, -0.05) is 76.6 Å². The topological polar surface area (TPSA) is 125 Å². The van der Waals surface area contributed by atoms with Crippen LogP contribution >= 0.6 is 15.9 Å². The number of anilines is 1. The van der Waals surface area contributed by atoms with E-state index >= 15 is 0 Å². The van der Waals surface area contributed by atoms with Gasteiger partial charge in [0.1, 0.15) is 17.7 Å². The molecule has 1 unspecified atom stereocenters. The van der Waals surface area contributed by atoms with E-state index in [4.69, 9.17) is 9.47 Å². The second kappa shape index (κ2) is 15.2. The first-order valence-corrected chi connectivity index (χ1v) is 17.4. The average Bonchev–Trinajstić information content (AvgIpc) is 3.67. The molecule has 3 amide bonds. The zero-order valence-corrected chi connectivity index (χ0v) is 29.1. The van der Waals surface area contributed by atoms with Crippen LogP contribution in [0, 0.1) is 25.7 Å². The lowest BCUT2D eigenvalue weighted by atomic mass is 9.70. The minimum absolute atomic E-state index is 0.0432. The fourth-order valence-electron chi connectivity index (χ4n) is 7.60. The van der Waals surface area contributed by atoms with Crippen molar-refractivity contribution in [2.75, 3.05) is 31.1 Å². The number of hydrogen-bond donors (Lipinski definition) is 2. The molecule has 3 fully saturated rings. The molecule has 3 aliphatic heterocycles. The molecule has 3 heterocycles. The van der Waals surface area contributed by atoms with Crippen LogP contribution in [-0.2, 0) is 28.7 Å². The van der Waals surface area contributed by atoms with Crippen LogP contribution in [0.5, 0.6) is 0 Å². The SMILES string of the molecule is C=CCCC(=O)NC[C@@H](OC(=O)[C@@H]1[C@H]2O[C@@]3(CC2Br)[C@H](C(=O)N(CC=C)c2c(C)cccc2C)N(CCCO)C(=O)[C@@H]13)c1ccccc1. The van der Waals surface area contributed by atoms with Crippen LogP contribution in [0.15, 0.2) is 73.8 Å². The molecule has 11 heteroatoms. The number of alkyl halides is 1. The lowest BCUT2D eigenvalue weighted by Gasteiger charge is -2.37. The monoisotopic (exact) mass is 721 g/mol. The molecule has 7 atom stereocenters. The first-order chi connectivity index (χ1) is 23.1. The molecule has 0 radical (unpaired) electrons. The van der Waals surface area contributed by atoms with Crippen molar-refractivity contribution < 1.29 is 33.8 Å². The van der Waals surface area contributed by atoms with Gasteiger partial charge in [0.05, 0.1) is 24.5 Å². The third-order valence-corrected chi connectivity index (χ3v) is 10.5. The number of aliphatic hydroxyl groups excluding tert-OH is 1. The van der Waals surface area contributed by atoms with Crippen LogP contribution in [0.25, 0.3) is 0 Å². The highest BCUT2D eigenvalue weighted by atomic mass is 79.9. The number of ether oxygens (including phenoxy) is 2. The lowest BCUT2D eigenvalue weighted by Crippen LogP contribution is -2.57. The van der Waals surface area contributed by atoms with E-state index < -0.39 is 41.7 Å². The molecule has 48 heavy (non-hydrogen) atoms. The Morgan fingerprint density at radius 1 is 1.15 bits per heavy atom. The first kappa shape index (κ1) is 35.5. The van der Waals surface area contributed by atoms with E-state index in [-0.39, 0.29) is 61.6 Å². The Morgan fingerprint density at radius 3 is 2.50 bits per heavy atom. The maximum absolute atomic E-state index is 14.8. The van der Waals surface area contributed by atoms with E-state index in [1.165, 1.54) is 4.90 Å². The van der Waals surface area contributed by atoms with Gasteiger partial charge in [0.25, 0.3) is 5.91 Å². The minimum atomic E-state index is -1.30. The number of allylic oxidation sites excluding steroid dienone is 1. The molecule has 10 nitrogen and oxygen atoms in total. The van der Waals surface area contributed by atoms with Gasteiger partial charge in [-0.05, 0) is 49.8 Å². The molecule has 2 bridgehead atoms. The number of hydrogen-bond acceptors (Lipinski definition) is 7. The Labute approximate surface area is 290 Å². The number of likely N-dealkylation sites (tertiary alicyclic amines) is 1. The normalized spacial score (nSPS) is 26.1. The summed E-state index contributed by atoms with van der Waals surface area (Å²) in [6, 6.07) is 13.9. The molecule has 2 aromatic rings. The number of amides is 3. The fourth-order valence-corrected chi connectivity index (χ4v) is 8.54. The van der Waals surface area contributed by atoms with Gasteiger partial charge in [-0.15, -0.1) is 13.2 Å². The number of nitrogens with zero attached hydrogens (tertiary/aromatic N) is 2. The van der Waals surface area contributed by atoms with Crippen LogP contribution in [0.2, 0.25) is 0 Å². The highest BCUT2D eigenvalue weighted by Crippen LogP contribution is 2.60. The van der Waals surface area contributed by atoms with Gasteiger partial charge in [-0.3, -0.25) is 19.2 Å². The molecular formula is C37H44BrN3O7. The highest BCUT2D eigenvalue weighted by Gasteiger charge is 2.77. The van der Waals surface area contributed by atoms with Crippen molar-refractivity contribution in [2.24, 2.45) is 11.8 Å². The van der Waals surface area contributed by atoms with Gasteiger partial charge in [0, 0.05) is 36.6 Å².